The summed E-state index contributed by atoms with van der Waals surface area (Å²) in [6, 6.07) is 16.9. The molecule has 0 spiro atoms. The van der Waals surface area contributed by atoms with Gasteiger partial charge in [0.2, 0.25) is 10.0 Å². The number of rotatable bonds is 12. The van der Waals surface area contributed by atoms with Crippen molar-refractivity contribution in [3.8, 4) is 5.75 Å². The molecule has 10 heteroatoms. The van der Waals surface area contributed by atoms with Crippen molar-refractivity contribution < 1.29 is 22.4 Å². The van der Waals surface area contributed by atoms with E-state index in [9.17, 15) is 13.2 Å². The summed E-state index contributed by atoms with van der Waals surface area (Å²) in [5.74, 6) is 0.664. The number of ether oxygens (including phenoxy) is 1. The number of aromatic nitrogens is 1. The van der Waals surface area contributed by atoms with Gasteiger partial charge in [-0.2, -0.15) is 4.31 Å². The van der Waals surface area contributed by atoms with Crippen molar-refractivity contribution in [2.45, 2.75) is 44.9 Å². The summed E-state index contributed by atoms with van der Waals surface area (Å²) in [7, 11) is -0.767. The Kier molecular flexibility index (Phi) is 9.36. The number of hydrogen-bond donors (Lipinski definition) is 2. The Labute approximate surface area is 235 Å². The molecular weight excluding hydrogens is 528 g/mol. The molecule has 0 bridgehead atoms. The molecule has 2 N–H and O–H groups in total. The highest BCUT2D eigenvalue weighted by molar-refractivity contribution is 7.89. The topological polar surface area (TPSA) is 114 Å². The lowest BCUT2D eigenvalue weighted by molar-refractivity contribution is 0.0950. The van der Waals surface area contributed by atoms with Crippen LogP contribution in [0.5, 0.6) is 5.75 Å². The van der Waals surface area contributed by atoms with E-state index in [2.05, 4.69) is 15.6 Å². The van der Waals surface area contributed by atoms with Crippen LogP contribution in [-0.2, 0) is 36.2 Å². The standard InChI is InChI=1S/C30H34N4O5S/c1-21-13-27(38-4)14-22(2)29(21)40(36,37)34(3)19-28-15-26(20-39-28)30(35)33-18-24-7-5-23(6-8-24)16-32-17-25-9-11-31-12-10-25/h5-15,20,32H,16-19H2,1-4H3,(H,33,35). The minimum atomic E-state index is -3.79. The molecule has 0 saturated carbocycles. The molecule has 0 aliphatic rings. The number of amides is 1. The average Bonchev–Trinajstić information content (AvgIpc) is 3.41. The van der Waals surface area contributed by atoms with Crippen molar-refractivity contribution in [1.82, 2.24) is 19.9 Å². The summed E-state index contributed by atoms with van der Waals surface area (Å²) < 4.78 is 38.5. The minimum Gasteiger partial charge on any atom is -0.497 e. The van der Waals surface area contributed by atoms with E-state index >= 15 is 0 Å². The molecule has 4 rings (SSSR count). The second-order valence-corrected chi connectivity index (χ2v) is 11.6. The van der Waals surface area contributed by atoms with Gasteiger partial charge in [-0.1, -0.05) is 24.3 Å². The Balaban J connectivity index is 1.29. The molecule has 2 aromatic heterocycles. The second-order valence-electron chi connectivity index (χ2n) is 9.61. The third-order valence-electron chi connectivity index (χ3n) is 6.52. The van der Waals surface area contributed by atoms with Gasteiger partial charge in [0.05, 0.1) is 24.1 Å². The Bertz CT molecular complexity index is 1530. The molecule has 0 aliphatic carbocycles. The van der Waals surface area contributed by atoms with Gasteiger partial charge in [-0.05, 0) is 72.0 Å². The number of nitrogens with one attached hydrogen (secondary N) is 2. The summed E-state index contributed by atoms with van der Waals surface area (Å²) in [5, 5.41) is 6.28. The highest BCUT2D eigenvalue weighted by atomic mass is 32.2. The fourth-order valence-electron chi connectivity index (χ4n) is 4.39. The normalized spacial score (nSPS) is 11.5. The maximum absolute atomic E-state index is 13.3. The van der Waals surface area contributed by atoms with Crippen LogP contribution in [0.4, 0.5) is 0 Å². The van der Waals surface area contributed by atoms with Gasteiger partial charge in [-0.3, -0.25) is 9.78 Å². The van der Waals surface area contributed by atoms with Crippen LogP contribution in [0, 0.1) is 13.8 Å². The van der Waals surface area contributed by atoms with Crippen LogP contribution in [0.3, 0.4) is 0 Å². The van der Waals surface area contributed by atoms with E-state index in [0.717, 1.165) is 24.2 Å². The lowest BCUT2D eigenvalue weighted by Crippen LogP contribution is -2.27. The van der Waals surface area contributed by atoms with Crippen molar-refractivity contribution >= 4 is 15.9 Å². The van der Waals surface area contributed by atoms with Crippen LogP contribution in [0.25, 0.3) is 0 Å². The number of furan rings is 1. The molecule has 4 aromatic rings. The number of benzene rings is 2. The molecule has 1 amide bonds. The molecule has 0 radical (unpaired) electrons. The lowest BCUT2D eigenvalue weighted by atomic mass is 10.1. The molecule has 210 valence electrons. The molecule has 2 aromatic carbocycles. The van der Waals surface area contributed by atoms with Gasteiger partial charge in [-0.15, -0.1) is 0 Å². The van der Waals surface area contributed by atoms with Crippen LogP contribution >= 0.6 is 0 Å². The quantitative estimate of drug-likeness (QED) is 0.264. The first-order valence-electron chi connectivity index (χ1n) is 12.8. The van der Waals surface area contributed by atoms with Crippen LogP contribution in [0.1, 0.15) is 43.9 Å². The maximum atomic E-state index is 13.3. The highest BCUT2D eigenvalue weighted by Crippen LogP contribution is 2.28. The van der Waals surface area contributed by atoms with E-state index in [4.69, 9.17) is 9.15 Å². The van der Waals surface area contributed by atoms with Gasteiger partial charge < -0.3 is 19.8 Å². The third kappa shape index (κ3) is 7.15. The van der Waals surface area contributed by atoms with E-state index in [0.29, 0.717) is 34.7 Å². The van der Waals surface area contributed by atoms with E-state index < -0.39 is 10.0 Å². The molecule has 0 fully saturated rings. The molecule has 9 nitrogen and oxygen atoms in total. The van der Waals surface area contributed by atoms with Gasteiger partial charge in [0.25, 0.3) is 5.91 Å². The smallest absolute Gasteiger partial charge is 0.254 e. The number of pyridine rings is 1. The Hall–Kier alpha value is -3.99. The predicted molar refractivity (Wildman–Crippen MR) is 152 cm³/mol. The molecular formula is C30H34N4O5S. The number of aryl methyl sites for hydroxylation is 2. The molecule has 40 heavy (non-hydrogen) atoms. The van der Waals surface area contributed by atoms with Crippen LogP contribution in [0.2, 0.25) is 0 Å². The molecule has 0 atom stereocenters. The Morgan fingerprint density at radius 2 is 1.50 bits per heavy atom. The van der Waals surface area contributed by atoms with E-state index in [1.807, 2.05) is 36.4 Å². The molecule has 2 heterocycles. The molecule has 0 saturated heterocycles. The van der Waals surface area contributed by atoms with Gasteiger partial charge in [-0.25, -0.2) is 8.42 Å². The second kappa shape index (κ2) is 12.9. The monoisotopic (exact) mass is 562 g/mol. The van der Waals surface area contributed by atoms with Crippen LogP contribution in [0.15, 0.2) is 82.6 Å². The van der Waals surface area contributed by atoms with Crippen molar-refractivity contribution in [3.63, 3.8) is 0 Å². The summed E-state index contributed by atoms with van der Waals surface area (Å²) in [5.41, 5.74) is 4.80. The molecule has 0 unspecified atom stereocenters. The first-order valence-corrected chi connectivity index (χ1v) is 14.3. The van der Waals surface area contributed by atoms with Gasteiger partial charge in [0.15, 0.2) is 0 Å². The summed E-state index contributed by atoms with van der Waals surface area (Å²) in [6.45, 7) is 5.30. The van der Waals surface area contributed by atoms with Gasteiger partial charge in [0, 0.05) is 39.1 Å². The zero-order chi connectivity index (χ0) is 28.7. The number of carbonyl (C=O) groups excluding carboxylic acids is 1. The van der Waals surface area contributed by atoms with E-state index in [-0.39, 0.29) is 17.3 Å². The largest absolute Gasteiger partial charge is 0.497 e. The van der Waals surface area contributed by atoms with Crippen molar-refractivity contribution in [1.29, 1.82) is 0 Å². The Morgan fingerprint density at radius 3 is 2.10 bits per heavy atom. The van der Waals surface area contributed by atoms with Gasteiger partial charge in [0.1, 0.15) is 17.8 Å². The summed E-state index contributed by atoms with van der Waals surface area (Å²) in [4.78, 5) is 17.0. The van der Waals surface area contributed by atoms with Crippen LogP contribution < -0.4 is 15.4 Å². The fourth-order valence-corrected chi connectivity index (χ4v) is 5.93. The molecule has 0 aliphatic heterocycles. The number of hydrogen-bond acceptors (Lipinski definition) is 7. The van der Waals surface area contributed by atoms with Crippen molar-refractivity contribution in [3.05, 3.63) is 112 Å². The summed E-state index contributed by atoms with van der Waals surface area (Å²) in [6.07, 6.45) is 4.89. The Morgan fingerprint density at radius 1 is 0.925 bits per heavy atom. The van der Waals surface area contributed by atoms with Crippen molar-refractivity contribution in [2.75, 3.05) is 14.2 Å². The number of sulfonamides is 1. The number of methoxy groups -OCH3 is 1. The first-order chi connectivity index (χ1) is 19.2. The summed E-state index contributed by atoms with van der Waals surface area (Å²) >= 11 is 0. The number of nitrogens with zero attached hydrogens (tertiary/aromatic N) is 2. The highest BCUT2D eigenvalue weighted by Gasteiger charge is 2.26. The van der Waals surface area contributed by atoms with Crippen molar-refractivity contribution in [2.24, 2.45) is 0 Å². The minimum absolute atomic E-state index is 0.0167. The average molecular weight is 563 g/mol. The predicted octanol–water partition coefficient (Wildman–Crippen LogP) is 4.34. The number of carbonyl (C=O) groups is 1. The third-order valence-corrected chi connectivity index (χ3v) is 8.63. The fraction of sp³-hybridized carbons (Fsp3) is 0.267. The lowest BCUT2D eigenvalue weighted by Gasteiger charge is -2.19. The zero-order valence-electron chi connectivity index (χ0n) is 23.1. The SMILES string of the molecule is COc1cc(C)c(S(=O)(=O)N(C)Cc2cc(C(=O)NCc3ccc(CNCc4ccncc4)cc3)co2)c(C)c1. The van der Waals surface area contributed by atoms with E-state index in [1.54, 1.807) is 51.6 Å². The van der Waals surface area contributed by atoms with E-state index in [1.165, 1.54) is 23.2 Å². The van der Waals surface area contributed by atoms with Gasteiger partial charge >= 0.3 is 0 Å². The first kappa shape index (κ1) is 29.0. The maximum Gasteiger partial charge on any atom is 0.254 e. The zero-order valence-corrected chi connectivity index (χ0v) is 23.9. The van der Waals surface area contributed by atoms with Crippen LogP contribution in [-0.4, -0.2) is 37.8 Å².